The van der Waals surface area contributed by atoms with Crippen LogP contribution in [0, 0.1) is 0 Å². The van der Waals surface area contributed by atoms with Gasteiger partial charge in [-0.3, -0.25) is 4.79 Å². The Morgan fingerprint density at radius 3 is 2.95 bits per heavy atom. The molecular weight excluding hydrogens is 242 g/mol. The Balaban J connectivity index is 1.93. The summed E-state index contributed by atoms with van der Waals surface area (Å²) >= 11 is 0. The van der Waals surface area contributed by atoms with E-state index in [0.717, 1.165) is 25.8 Å². The average Bonchev–Trinajstić information content (AvgIpc) is 2.82. The Hall–Kier alpha value is -1.36. The summed E-state index contributed by atoms with van der Waals surface area (Å²) < 4.78 is 2.17. The minimum absolute atomic E-state index is 0.463. The molecule has 1 unspecified atom stereocenters. The molecule has 106 valence electrons. The number of fused-ring (bicyclic) bond motifs is 1. The van der Waals surface area contributed by atoms with Crippen molar-refractivity contribution in [3.05, 3.63) is 17.7 Å². The van der Waals surface area contributed by atoms with Gasteiger partial charge in [-0.1, -0.05) is 6.92 Å². The molecule has 0 amide bonds. The first-order valence-electron chi connectivity index (χ1n) is 7.12. The third-order valence-corrected chi connectivity index (χ3v) is 4.19. The zero-order valence-electron chi connectivity index (χ0n) is 11.6. The number of aliphatic carboxylic acids is 1. The largest absolute Gasteiger partial charge is 0.480 e. The van der Waals surface area contributed by atoms with Crippen molar-refractivity contribution in [3.63, 3.8) is 0 Å². The highest BCUT2D eigenvalue weighted by Gasteiger charge is 2.31. The third-order valence-electron chi connectivity index (χ3n) is 4.19. The van der Waals surface area contributed by atoms with Crippen molar-refractivity contribution in [2.75, 3.05) is 0 Å². The van der Waals surface area contributed by atoms with E-state index in [9.17, 15) is 4.79 Å². The summed E-state index contributed by atoms with van der Waals surface area (Å²) in [4.78, 5) is 15.6. The van der Waals surface area contributed by atoms with E-state index < -0.39 is 11.5 Å². The van der Waals surface area contributed by atoms with E-state index in [-0.39, 0.29) is 0 Å². The summed E-state index contributed by atoms with van der Waals surface area (Å²) in [6.07, 6.45) is 8.26. The molecule has 0 saturated heterocycles. The topological polar surface area (TPSA) is 81.1 Å². The first-order chi connectivity index (χ1) is 9.07. The second kappa shape index (κ2) is 5.74. The number of hydrogen-bond acceptors (Lipinski definition) is 3. The van der Waals surface area contributed by atoms with Crippen LogP contribution in [-0.2, 0) is 24.2 Å². The molecule has 19 heavy (non-hydrogen) atoms. The normalized spacial score (nSPS) is 17.8. The van der Waals surface area contributed by atoms with Gasteiger partial charge < -0.3 is 15.4 Å². The van der Waals surface area contributed by atoms with Gasteiger partial charge in [0.15, 0.2) is 0 Å². The number of aryl methyl sites for hydroxylation is 2. The maximum absolute atomic E-state index is 11.1. The number of nitrogens with two attached hydrogens (primary N) is 1. The van der Waals surface area contributed by atoms with Gasteiger partial charge in [-0.05, 0) is 44.9 Å². The molecule has 5 heteroatoms. The van der Waals surface area contributed by atoms with Gasteiger partial charge >= 0.3 is 5.97 Å². The van der Waals surface area contributed by atoms with Crippen LogP contribution in [0.2, 0.25) is 0 Å². The van der Waals surface area contributed by atoms with Gasteiger partial charge in [-0.2, -0.15) is 0 Å². The average molecular weight is 265 g/mol. The smallest absolute Gasteiger partial charge is 0.323 e. The number of aromatic nitrogens is 2. The molecule has 0 aliphatic heterocycles. The Bertz CT molecular complexity index is 456. The van der Waals surface area contributed by atoms with Gasteiger partial charge in [0.2, 0.25) is 0 Å². The maximum Gasteiger partial charge on any atom is 0.323 e. The van der Waals surface area contributed by atoms with E-state index in [4.69, 9.17) is 10.8 Å². The predicted molar refractivity (Wildman–Crippen MR) is 72.9 cm³/mol. The van der Waals surface area contributed by atoms with Crippen molar-refractivity contribution >= 4 is 5.97 Å². The molecule has 0 bridgehead atoms. The zero-order chi connectivity index (χ0) is 13.9. The summed E-state index contributed by atoms with van der Waals surface area (Å²) in [5, 5.41) is 9.14. The molecule has 0 radical (unpaired) electrons. The van der Waals surface area contributed by atoms with Crippen LogP contribution in [0.15, 0.2) is 6.33 Å². The fourth-order valence-electron chi connectivity index (χ4n) is 2.72. The first kappa shape index (κ1) is 14.1. The SMILES string of the molecule is CCC(N)(CCCn1cnc2c1CCCC2)C(=O)O. The van der Waals surface area contributed by atoms with E-state index in [1.165, 1.54) is 24.2 Å². The third kappa shape index (κ3) is 2.97. The van der Waals surface area contributed by atoms with E-state index in [1.807, 2.05) is 13.3 Å². The van der Waals surface area contributed by atoms with Crippen LogP contribution in [-0.4, -0.2) is 26.2 Å². The summed E-state index contributed by atoms with van der Waals surface area (Å²) in [7, 11) is 0. The van der Waals surface area contributed by atoms with Gasteiger partial charge in [0, 0.05) is 12.2 Å². The van der Waals surface area contributed by atoms with Gasteiger partial charge in [0.1, 0.15) is 5.54 Å². The number of rotatable bonds is 6. The van der Waals surface area contributed by atoms with Crippen LogP contribution in [0.3, 0.4) is 0 Å². The molecule has 1 aromatic heterocycles. The lowest BCUT2D eigenvalue weighted by Gasteiger charge is -2.23. The van der Waals surface area contributed by atoms with Crippen LogP contribution in [0.25, 0.3) is 0 Å². The van der Waals surface area contributed by atoms with Crippen LogP contribution >= 0.6 is 0 Å². The second-order valence-electron chi connectivity index (χ2n) is 5.46. The zero-order valence-corrected chi connectivity index (χ0v) is 11.6. The molecular formula is C14H23N3O2. The molecule has 1 aromatic rings. The van der Waals surface area contributed by atoms with E-state index in [2.05, 4.69) is 9.55 Å². The summed E-state index contributed by atoms with van der Waals surface area (Å²) in [6, 6.07) is 0. The molecule has 0 saturated carbocycles. The van der Waals surface area contributed by atoms with Crippen LogP contribution in [0.4, 0.5) is 0 Å². The monoisotopic (exact) mass is 265 g/mol. The van der Waals surface area contributed by atoms with Crippen molar-refractivity contribution in [1.29, 1.82) is 0 Å². The number of carboxylic acid groups (broad SMARTS) is 1. The molecule has 3 N–H and O–H groups in total. The van der Waals surface area contributed by atoms with Crippen LogP contribution in [0.1, 0.15) is 50.4 Å². The number of carbonyl (C=O) groups is 1. The summed E-state index contributed by atoms with van der Waals surface area (Å²) in [6.45, 7) is 2.64. The van der Waals surface area contributed by atoms with E-state index in [1.54, 1.807) is 0 Å². The number of nitrogens with zero attached hydrogens (tertiary/aromatic N) is 2. The van der Waals surface area contributed by atoms with Crippen molar-refractivity contribution in [3.8, 4) is 0 Å². The van der Waals surface area contributed by atoms with Crippen molar-refractivity contribution < 1.29 is 9.90 Å². The Labute approximate surface area is 113 Å². The lowest BCUT2D eigenvalue weighted by Crippen LogP contribution is -2.47. The Morgan fingerprint density at radius 1 is 1.53 bits per heavy atom. The summed E-state index contributed by atoms with van der Waals surface area (Å²) in [5.41, 5.74) is 7.37. The van der Waals surface area contributed by atoms with Crippen LogP contribution < -0.4 is 5.73 Å². The minimum atomic E-state index is -1.08. The van der Waals surface area contributed by atoms with Crippen molar-refractivity contribution in [1.82, 2.24) is 9.55 Å². The fraction of sp³-hybridized carbons (Fsp3) is 0.714. The molecule has 1 aliphatic rings. The number of imidazole rings is 1. The lowest BCUT2D eigenvalue weighted by molar-refractivity contribution is -0.143. The fourth-order valence-corrected chi connectivity index (χ4v) is 2.72. The molecule has 1 aliphatic carbocycles. The van der Waals surface area contributed by atoms with Gasteiger partial charge in [0.05, 0.1) is 12.0 Å². The van der Waals surface area contributed by atoms with Gasteiger partial charge in [-0.25, -0.2) is 4.98 Å². The van der Waals surface area contributed by atoms with Crippen molar-refractivity contribution in [2.45, 2.75) is 64.0 Å². The van der Waals surface area contributed by atoms with E-state index >= 15 is 0 Å². The number of carboxylic acids is 1. The van der Waals surface area contributed by atoms with Crippen molar-refractivity contribution in [2.24, 2.45) is 5.73 Å². The van der Waals surface area contributed by atoms with Crippen LogP contribution in [0.5, 0.6) is 0 Å². The molecule has 5 nitrogen and oxygen atoms in total. The predicted octanol–water partition coefficient (Wildman–Crippen LogP) is 1.73. The minimum Gasteiger partial charge on any atom is -0.480 e. The van der Waals surface area contributed by atoms with Gasteiger partial charge in [0.25, 0.3) is 0 Å². The number of hydrogen-bond donors (Lipinski definition) is 2. The summed E-state index contributed by atoms with van der Waals surface area (Å²) in [5.74, 6) is -0.900. The highest BCUT2D eigenvalue weighted by molar-refractivity contribution is 5.78. The van der Waals surface area contributed by atoms with E-state index in [0.29, 0.717) is 12.8 Å². The molecule has 0 fully saturated rings. The highest BCUT2D eigenvalue weighted by Crippen LogP contribution is 2.21. The Morgan fingerprint density at radius 2 is 2.26 bits per heavy atom. The molecule has 2 rings (SSSR count). The van der Waals surface area contributed by atoms with Gasteiger partial charge in [-0.15, -0.1) is 0 Å². The molecule has 1 heterocycles. The first-order valence-corrected chi connectivity index (χ1v) is 7.12. The quantitative estimate of drug-likeness (QED) is 0.820. The highest BCUT2D eigenvalue weighted by atomic mass is 16.4. The second-order valence-corrected chi connectivity index (χ2v) is 5.46. The lowest BCUT2D eigenvalue weighted by atomic mass is 9.92. The Kier molecular flexibility index (Phi) is 4.24. The maximum atomic E-state index is 11.1. The molecule has 0 aromatic carbocycles. The molecule has 0 spiro atoms. The standard InChI is InChI=1S/C14H23N3O2/c1-2-14(15,13(18)19)8-5-9-17-10-16-11-6-3-4-7-12(11)17/h10H,2-9,15H2,1H3,(H,18,19). The molecule has 1 atom stereocenters.